The lowest BCUT2D eigenvalue weighted by Crippen LogP contribution is -2.37. The summed E-state index contributed by atoms with van der Waals surface area (Å²) in [6, 6.07) is 2.28. The number of nitrogens with zero attached hydrogens (tertiary/aromatic N) is 1. The van der Waals surface area contributed by atoms with Gasteiger partial charge in [-0.2, -0.15) is 0 Å². The highest BCUT2D eigenvalue weighted by molar-refractivity contribution is 5.75. The fraction of sp³-hybridized carbons (Fsp3) is 0.588. The summed E-state index contributed by atoms with van der Waals surface area (Å²) >= 11 is 0. The fourth-order valence-corrected chi connectivity index (χ4v) is 2.47. The molecule has 2 rings (SSSR count). The van der Waals surface area contributed by atoms with E-state index in [1.165, 1.54) is 0 Å². The molecule has 0 bridgehead atoms. The molecule has 6 nitrogen and oxygen atoms in total. The van der Waals surface area contributed by atoms with Crippen LogP contribution in [0.2, 0.25) is 0 Å². The zero-order valence-electron chi connectivity index (χ0n) is 14.3. The highest BCUT2D eigenvalue weighted by Crippen LogP contribution is 2.27. The average Bonchev–Trinajstić information content (AvgIpc) is 2.60. The first-order chi connectivity index (χ1) is 12.0. The Balaban J connectivity index is 1.93. The largest absolute Gasteiger partial charge is 0.464 e. The van der Waals surface area contributed by atoms with Gasteiger partial charge in [-0.1, -0.05) is 13.3 Å². The van der Waals surface area contributed by atoms with Crippen LogP contribution < -0.4 is 10.2 Å². The normalized spacial score (nSPS) is 15.8. The summed E-state index contributed by atoms with van der Waals surface area (Å²) in [7, 11) is 0. The number of anilines is 2. The van der Waals surface area contributed by atoms with E-state index in [-0.39, 0.29) is 24.5 Å². The molecule has 2 N–H and O–H groups in total. The Morgan fingerprint density at radius 1 is 1.36 bits per heavy atom. The van der Waals surface area contributed by atoms with Gasteiger partial charge in [0.2, 0.25) is 0 Å². The van der Waals surface area contributed by atoms with Gasteiger partial charge in [0.15, 0.2) is 17.7 Å². The molecule has 0 aromatic heterocycles. The minimum atomic E-state index is -1.40. The van der Waals surface area contributed by atoms with Gasteiger partial charge >= 0.3 is 5.97 Å². The maximum atomic E-state index is 14.3. The van der Waals surface area contributed by atoms with Crippen LogP contribution in [0.1, 0.15) is 19.8 Å². The number of aliphatic hydroxyl groups is 1. The minimum absolute atomic E-state index is 0.0895. The van der Waals surface area contributed by atoms with Crippen molar-refractivity contribution in [2.24, 2.45) is 0 Å². The van der Waals surface area contributed by atoms with Crippen LogP contribution >= 0.6 is 0 Å². The van der Waals surface area contributed by atoms with Crippen molar-refractivity contribution < 1.29 is 28.2 Å². The number of carbonyl (C=O) groups excluding carboxylic acids is 1. The van der Waals surface area contributed by atoms with Crippen molar-refractivity contribution in [2.45, 2.75) is 25.9 Å². The van der Waals surface area contributed by atoms with Gasteiger partial charge in [-0.15, -0.1) is 0 Å². The van der Waals surface area contributed by atoms with Gasteiger partial charge in [-0.25, -0.2) is 13.6 Å². The van der Waals surface area contributed by atoms with E-state index in [0.717, 1.165) is 18.6 Å². The van der Waals surface area contributed by atoms with Crippen LogP contribution in [0.4, 0.5) is 20.2 Å². The molecule has 0 aliphatic carbocycles. The number of aliphatic hydroxyl groups excluding tert-OH is 1. The molecule has 1 heterocycles. The van der Waals surface area contributed by atoms with E-state index in [2.05, 4.69) is 5.32 Å². The lowest BCUT2D eigenvalue weighted by molar-refractivity contribution is -0.152. The molecule has 0 amide bonds. The van der Waals surface area contributed by atoms with Crippen molar-refractivity contribution >= 4 is 17.3 Å². The number of morpholine rings is 1. The van der Waals surface area contributed by atoms with Crippen LogP contribution in [0.3, 0.4) is 0 Å². The number of rotatable bonds is 8. The molecule has 1 aliphatic rings. The lowest BCUT2D eigenvalue weighted by atomic mass is 10.2. The predicted octanol–water partition coefficient (Wildman–Crippen LogP) is 1.92. The monoisotopic (exact) mass is 358 g/mol. The molecule has 0 spiro atoms. The summed E-state index contributed by atoms with van der Waals surface area (Å²) in [5, 5.41) is 12.4. The third kappa shape index (κ3) is 5.54. The highest BCUT2D eigenvalue weighted by Gasteiger charge is 2.21. The number of hydrogen-bond donors (Lipinski definition) is 2. The zero-order valence-corrected chi connectivity index (χ0v) is 14.3. The molecule has 0 radical (unpaired) electrons. The van der Waals surface area contributed by atoms with Crippen molar-refractivity contribution in [1.29, 1.82) is 0 Å². The standard InChI is InChI=1S/C17H24F2N2O4/c1-2-3-6-25-17(23)15(22)11-20-12-9-13(18)16(14(19)10-12)21-4-7-24-8-5-21/h9-10,15,20,22H,2-8,11H2,1H3/t15-/m1/s1. The van der Waals surface area contributed by atoms with Crippen LogP contribution in [0.5, 0.6) is 0 Å². The predicted molar refractivity (Wildman–Crippen MR) is 89.8 cm³/mol. The van der Waals surface area contributed by atoms with E-state index in [9.17, 15) is 18.7 Å². The molecular weight excluding hydrogens is 334 g/mol. The second-order valence-corrected chi connectivity index (χ2v) is 5.81. The van der Waals surface area contributed by atoms with E-state index in [1.807, 2.05) is 6.92 Å². The van der Waals surface area contributed by atoms with Gasteiger partial charge in [-0.3, -0.25) is 0 Å². The number of esters is 1. The molecule has 8 heteroatoms. The topological polar surface area (TPSA) is 71.0 Å². The highest BCUT2D eigenvalue weighted by atomic mass is 19.1. The maximum Gasteiger partial charge on any atom is 0.336 e. The molecule has 140 valence electrons. The van der Waals surface area contributed by atoms with Crippen LogP contribution in [-0.4, -0.2) is 56.6 Å². The minimum Gasteiger partial charge on any atom is -0.464 e. The molecule has 0 unspecified atom stereocenters. The number of carbonyl (C=O) groups is 1. The molecule has 1 aliphatic heterocycles. The Morgan fingerprint density at radius 3 is 2.60 bits per heavy atom. The second kappa shape index (κ2) is 9.53. The maximum absolute atomic E-state index is 14.3. The Labute approximate surface area is 145 Å². The van der Waals surface area contributed by atoms with Crippen molar-refractivity contribution in [3.63, 3.8) is 0 Å². The van der Waals surface area contributed by atoms with Crippen molar-refractivity contribution in [2.75, 3.05) is 49.7 Å². The third-order valence-electron chi connectivity index (χ3n) is 3.86. The summed E-state index contributed by atoms with van der Waals surface area (Å²) in [6.45, 7) is 3.68. The number of benzene rings is 1. The number of hydrogen-bond acceptors (Lipinski definition) is 6. The van der Waals surface area contributed by atoms with E-state index in [4.69, 9.17) is 9.47 Å². The molecule has 1 fully saturated rings. The summed E-state index contributed by atoms with van der Waals surface area (Å²) < 4.78 is 38.6. The summed E-state index contributed by atoms with van der Waals surface area (Å²) in [5.41, 5.74) is 0.0563. The van der Waals surface area contributed by atoms with Gasteiger partial charge in [0.25, 0.3) is 0 Å². The quantitative estimate of drug-likeness (QED) is 0.547. The van der Waals surface area contributed by atoms with Gasteiger partial charge < -0.3 is 24.8 Å². The molecule has 1 atom stereocenters. The summed E-state index contributed by atoms with van der Waals surface area (Å²) in [4.78, 5) is 13.1. The van der Waals surface area contributed by atoms with E-state index in [1.54, 1.807) is 4.90 Å². The number of ether oxygens (including phenoxy) is 2. The van der Waals surface area contributed by atoms with E-state index in [0.29, 0.717) is 32.7 Å². The Morgan fingerprint density at radius 2 is 2.00 bits per heavy atom. The Hall–Kier alpha value is -1.93. The number of unbranched alkanes of at least 4 members (excludes halogenated alkanes) is 1. The molecule has 25 heavy (non-hydrogen) atoms. The third-order valence-corrected chi connectivity index (χ3v) is 3.86. The Kier molecular flexibility index (Phi) is 7.39. The number of nitrogens with one attached hydrogen (secondary N) is 1. The molecule has 1 saturated heterocycles. The van der Waals surface area contributed by atoms with Crippen molar-refractivity contribution in [3.05, 3.63) is 23.8 Å². The van der Waals surface area contributed by atoms with E-state index < -0.39 is 23.7 Å². The SMILES string of the molecule is CCCCOC(=O)[C@H](O)CNc1cc(F)c(N2CCOCC2)c(F)c1. The smallest absolute Gasteiger partial charge is 0.336 e. The van der Waals surface area contributed by atoms with Gasteiger partial charge in [-0.05, 0) is 18.6 Å². The van der Waals surface area contributed by atoms with Crippen LogP contribution in [0.25, 0.3) is 0 Å². The lowest BCUT2D eigenvalue weighted by Gasteiger charge is -2.29. The van der Waals surface area contributed by atoms with Crippen molar-refractivity contribution in [1.82, 2.24) is 0 Å². The van der Waals surface area contributed by atoms with Crippen LogP contribution in [0.15, 0.2) is 12.1 Å². The van der Waals surface area contributed by atoms with Crippen LogP contribution in [0, 0.1) is 11.6 Å². The molecular formula is C17H24F2N2O4. The summed E-state index contributed by atoms with van der Waals surface area (Å²) in [5.74, 6) is -2.17. The second-order valence-electron chi connectivity index (χ2n) is 5.81. The molecule has 1 aromatic carbocycles. The average molecular weight is 358 g/mol. The Bertz CT molecular complexity index is 557. The number of halogens is 2. The zero-order chi connectivity index (χ0) is 18.2. The van der Waals surface area contributed by atoms with Gasteiger partial charge in [0.1, 0.15) is 5.69 Å². The fourth-order valence-electron chi connectivity index (χ4n) is 2.47. The first-order valence-corrected chi connectivity index (χ1v) is 8.43. The van der Waals surface area contributed by atoms with Crippen LogP contribution in [-0.2, 0) is 14.3 Å². The molecule has 1 aromatic rings. The first-order valence-electron chi connectivity index (χ1n) is 8.43. The first kappa shape index (κ1) is 19.4. The van der Waals surface area contributed by atoms with Crippen molar-refractivity contribution in [3.8, 4) is 0 Å². The molecule has 0 saturated carbocycles. The van der Waals surface area contributed by atoms with E-state index >= 15 is 0 Å². The summed E-state index contributed by atoms with van der Waals surface area (Å²) in [6.07, 6.45) is 0.183. The van der Waals surface area contributed by atoms with Gasteiger partial charge in [0, 0.05) is 18.8 Å². The van der Waals surface area contributed by atoms with Gasteiger partial charge in [0.05, 0.1) is 26.4 Å².